The molecule has 0 aliphatic rings. The van der Waals surface area contributed by atoms with Crippen molar-refractivity contribution < 1.29 is 18.0 Å². The lowest BCUT2D eigenvalue weighted by atomic mass is 10.1. The maximum absolute atomic E-state index is 13.1. The maximum atomic E-state index is 13.1. The van der Waals surface area contributed by atoms with Crippen molar-refractivity contribution >= 4 is 29.1 Å². The van der Waals surface area contributed by atoms with Crippen LogP contribution in [0.4, 0.5) is 29.5 Å². The zero-order chi connectivity index (χ0) is 19.6. The summed E-state index contributed by atoms with van der Waals surface area (Å²) in [5.74, 6) is 0.205. The van der Waals surface area contributed by atoms with Crippen molar-refractivity contribution in [2.24, 2.45) is 7.05 Å². The number of amides is 2. The molecule has 9 heteroatoms. The van der Waals surface area contributed by atoms with Gasteiger partial charge in [-0.3, -0.25) is 10.00 Å². The summed E-state index contributed by atoms with van der Waals surface area (Å²) in [5, 5.41) is 8.69. The highest BCUT2D eigenvalue weighted by Gasteiger charge is 2.34. The molecule has 2 aromatic carbocycles. The van der Waals surface area contributed by atoms with Crippen LogP contribution in [0.25, 0.3) is 11.3 Å². The van der Waals surface area contributed by atoms with Gasteiger partial charge in [-0.15, -0.1) is 0 Å². The smallest absolute Gasteiger partial charge is 0.307 e. The first-order valence-corrected chi connectivity index (χ1v) is 8.16. The highest BCUT2D eigenvalue weighted by Crippen LogP contribution is 2.36. The number of halogens is 4. The summed E-state index contributed by atoms with van der Waals surface area (Å²) in [6, 6.07) is 13.3. The predicted octanol–water partition coefficient (Wildman–Crippen LogP) is 5.40. The van der Waals surface area contributed by atoms with Gasteiger partial charge in [0.15, 0.2) is 5.82 Å². The Labute approximate surface area is 157 Å². The van der Waals surface area contributed by atoms with E-state index in [1.807, 2.05) is 30.3 Å². The van der Waals surface area contributed by atoms with Gasteiger partial charge in [0.05, 0.1) is 16.9 Å². The second-order valence-corrected chi connectivity index (χ2v) is 6.11. The maximum Gasteiger partial charge on any atom is 0.418 e. The normalized spacial score (nSPS) is 11.3. The Hall–Kier alpha value is -3.00. The Morgan fingerprint density at radius 3 is 2.44 bits per heavy atom. The van der Waals surface area contributed by atoms with Crippen molar-refractivity contribution in [1.29, 1.82) is 0 Å². The predicted molar refractivity (Wildman–Crippen MR) is 97.7 cm³/mol. The van der Waals surface area contributed by atoms with Crippen molar-refractivity contribution in [2.45, 2.75) is 6.18 Å². The van der Waals surface area contributed by atoms with Gasteiger partial charge in [0.25, 0.3) is 0 Å². The summed E-state index contributed by atoms with van der Waals surface area (Å²) in [6.07, 6.45) is -4.65. The van der Waals surface area contributed by atoms with Gasteiger partial charge in [0, 0.05) is 18.1 Å². The number of aromatic nitrogens is 2. The second-order valence-electron chi connectivity index (χ2n) is 5.67. The highest BCUT2D eigenvalue weighted by atomic mass is 35.5. The fourth-order valence-corrected chi connectivity index (χ4v) is 2.71. The van der Waals surface area contributed by atoms with Crippen molar-refractivity contribution in [1.82, 2.24) is 9.78 Å². The minimum absolute atomic E-state index is 0.0782. The number of aryl methyl sites for hydroxylation is 1. The van der Waals surface area contributed by atoms with Crippen LogP contribution in [0, 0.1) is 0 Å². The fraction of sp³-hybridized carbons (Fsp3) is 0.111. The third-order valence-electron chi connectivity index (χ3n) is 3.73. The monoisotopic (exact) mass is 394 g/mol. The number of carbonyl (C=O) groups is 1. The SMILES string of the molecule is Cn1nc(NC(=O)Nc2ccc(Cl)cc2C(F)(F)F)cc1-c1ccccc1. The topological polar surface area (TPSA) is 59.0 Å². The van der Waals surface area contributed by atoms with E-state index in [-0.39, 0.29) is 10.8 Å². The molecule has 2 amide bonds. The van der Waals surface area contributed by atoms with Crippen LogP contribution in [0.3, 0.4) is 0 Å². The van der Waals surface area contributed by atoms with E-state index in [4.69, 9.17) is 11.6 Å². The number of benzene rings is 2. The van der Waals surface area contributed by atoms with Gasteiger partial charge in [-0.05, 0) is 23.8 Å². The summed E-state index contributed by atoms with van der Waals surface area (Å²) in [6.45, 7) is 0. The molecule has 0 spiro atoms. The second kappa shape index (κ2) is 7.32. The molecule has 3 rings (SSSR count). The molecule has 0 atom stereocenters. The Kier molecular flexibility index (Phi) is 5.09. The zero-order valence-electron chi connectivity index (χ0n) is 14.0. The molecule has 0 radical (unpaired) electrons. The lowest BCUT2D eigenvalue weighted by Crippen LogP contribution is -2.22. The molecule has 0 aliphatic carbocycles. The molecular weight excluding hydrogens is 381 g/mol. The van der Waals surface area contributed by atoms with Gasteiger partial charge in [0.2, 0.25) is 0 Å². The van der Waals surface area contributed by atoms with Crippen LogP contribution in [0.2, 0.25) is 5.02 Å². The van der Waals surface area contributed by atoms with E-state index >= 15 is 0 Å². The van der Waals surface area contributed by atoms with E-state index in [9.17, 15) is 18.0 Å². The summed E-state index contributed by atoms with van der Waals surface area (Å²) in [7, 11) is 1.70. The summed E-state index contributed by atoms with van der Waals surface area (Å²) < 4.78 is 40.9. The molecule has 0 fully saturated rings. The minimum atomic E-state index is -4.65. The third-order valence-corrected chi connectivity index (χ3v) is 3.96. The molecular formula is C18H14ClF3N4O. The van der Waals surface area contributed by atoms with E-state index < -0.39 is 23.5 Å². The molecule has 27 heavy (non-hydrogen) atoms. The quantitative estimate of drug-likeness (QED) is 0.624. The lowest BCUT2D eigenvalue weighted by molar-refractivity contribution is -0.136. The van der Waals surface area contributed by atoms with Gasteiger partial charge in [-0.2, -0.15) is 18.3 Å². The number of nitrogens with zero attached hydrogens (tertiary/aromatic N) is 2. The standard InChI is InChI=1S/C18H14ClF3N4O/c1-26-15(11-5-3-2-4-6-11)10-16(25-26)24-17(27)23-14-8-7-12(19)9-13(14)18(20,21)22/h2-10H,1H3,(H2,23,24,25,27). The number of hydrogen-bond donors (Lipinski definition) is 2. The fourth-order valence-electron chi connectivity index (χ4n) is 2.54. The van der Waals surface area contributed by atoms with Gasteiger partial charge in [-0.25, -0.2) is 4.79 Å². The molecule has 0 aliphatic heterocycles. The van der Waals surface area contributed by atoms with Crippen LogP contribution in [0.5, 0.6) is 0 Å². The minimum Gasteiger partial charge on any atom is -0.307 e. The first kappa shape index (κ1) is 18.8. The number of anilines is 2. The highest BCUT2D eigenvalue weighted by molar-refractivity contribution is 6.30. The van der Waals surface area contributed by atoms with Crippen molar-refractivity contribution in [3.8, 4) is 11.3 Å². The summed E-state index contributed by atoms with van der Waals surface area (Å²) >= 11 is 5.63. The van der Waals surface area contributed by atoms with Crippen molar-refractivity contribution in [3.63, 3.8) is 0 Å². The van der Waals surface area contributed by atoms with E-state index in [0.29, 0.717) is 0 Å². The Morgan fingerprint density at radius 2 is 1.78 bits per heavy atom. The number of carbonyl (C=O) groups excluding carboxylic acids is 1. The van der Waals surface area contributed by atoms with Crippen LogP contribution in [-0.2, 0) is 13.2 Å². The van der Waals surface area contributed by atoms with Gasteiger partial charge >= 0.3 is 12.2 Å². The van der Waals surface area contributed by atoms with Crippen LogP contribution in [-0.4, -0.2) is 15.8 Å². The average molecular weight is 395 g/mol. The average Bonchev–Trinajstić information content (AvgIpc) is 2.96. The molecule has 0 bridgehead atoms. The molecule has 140 valence electrons. The number of rotatable bonds is 3. The number of nitrogens with one attached hydrogen (secondary N) is 2. The van der Waals surface area contributed by atoms with E-state index in [1.54, 1.807) is 17.8 Å². The first-order chi connectivity index (χ1) is 12.7. The van der Waals surface area contributed by atoms with Crippen LogP contribution >= 0.6 is 11.6 Å². The van der Waals surface area contributed by atoms with Crippen LogP contribution in [0.1, 0.15) is 5.56 Å². The van der Waals surface area contributed by atoms with Crippen molar-refractivity contribution in [3.05, 3.63) is 65.2 Å². The molecule has 3 aromatic rings. The summed E-state index contributed by atoms with van der Waals surface area (Å²) in [4.78, 5) is 12.1. The Bertz CT molecular complexity index is 970. The lowest BCUT2D eigenvalue weighted by Gasteiger charge is -2.14. The molecule has 2 N–H and O–H groups in total. The zero-order valence-corrected chi connectivity index (χ0v) is 14.8. The van der Waals surface area contributed by atoms with Crippen LogP contribution < -0.4 is 10.6 Å². The largest absolute Gasteiger partial charge is 0.418 e. The van der Waals surface area contributed by atoms with Gasteiger partial charge in [-0.1, -0.05) is 41.9 Å². The van der Waals surface area contributed by atoms with Crippen molar-refractivity contribution in [2.75, 3.05) is 10.6 Å². The molecule has 0 saturated heterocycles. The summed E-state index contributed by atoms with van der Waals surface area (Å²) in [5.41, 5.74) is 0.200. The number of urea groups is 1. The molecule has 1 heterocycles. The number of alkyl halides is 3. The Balaban J connectivity index is 1.78. The van der Waals surface area contributed by atoms with Gasteiger partial charge < -0.3 is 5.32 Å². The molecule has 0 saturated carbocycles. The Morgan fingerprint density at radius 1 is 1.07 bits per heavy atom. The van der Waals surface area contributed by atoms with E-state index in [1.165, 1.54) is 6.07 Å². The van der Waals surface area contributed by atoms with E-state index in [2.05, 4.69) is 15.7 Å². The molecule has 0 unspecified atom stereocenters. The first-order valence-electron chi connectivity index (χ1n) is 7.78. The number of hydrogen-bond acceptors (Lipinski definition) is 2. The third kappa shape index (κ3) is 4.40. The van der Waals surface area contributed by atoms with Crippen LogP contribution in [0.15, 0.2) is 54.6 Å². The molecule has 5 nitrogen and oxygen atoms in total. The van der Waals surface area contributed by atoms with Gasteiger partial charge in [0.1, 0.15) is 0 Å². The van der Waals surface area contributed by atoms with E-state index in [0.717, 1.165) is 23.4 Å². The molecule has 1 aromatic heterocycles.